The van der Waals surface area contributed by atoms with Crippen LogP contribution >= 0.6 is 0 Å². The Morgan fingerprint density at radius 2 is 2.23 bits per heavy atom. The van der Waals surface area contributed by atoms with Gasteiger partial charge in [0.2, 0.25) is 0 Å². The number of hydrogen-bond donors (Lipinski definition) is 1. The maximum atomic E-state index is 12.4. The molecule has 7 nitrogen and oxygen atoms in total. The van der Waals surface area contributed by atoms with Crippen LogP contribution in [0, 0.1) is 0 Å². The lowest BCUT2D eigenvalue weighted by Crippen LogP contribution is -2.46. The number of methoxy groups -OCH3 is 1. The van der Waals surface area contributed by atoms with E-state index in [2.05, 4.69) is 15.2 Å². The van der Waals surface area contributed by atoms with E-state index in [9.17, 15) is 4.79 Å². The van der Waals surface area contributed by atoms with Gasteiger partial charge in [-0.2, -0.15) is 0 Å². The third kappa shape index (κ3) is 5.31. The molecule has 2 heterocycles. The number of nitrogens with zero attached hydrogens (tertiary/aromatic N) is 4. The molecular formula is C15H27N5O2. The molecule has 124 valence electrons. The Morgan fingerprint density at radius 1 is 1.36 bits per heavy atom. The Hall–Kier alpha value is -1.60. The Labute approximate surface area is 132 Å². The van der Waals surface area contributed by atoms with Crippen LogP contribution in [0.25, 0.3) is 0 Å². The number of aromatic nitrogens is 2. The van der Waals surface area contributed by atoms with Gasteiger partial charge in [0, 0.05) is 58.3 Å². The highest BCUT2D eigenvalue weighted by atomic mass is 16.5. The fourth-order valence-corrected chi connectivity index (χ4v) is 2.68. The molecule has 0 aliphatic carbocycles. The first-order valence-corrected chi connectivity index (χ1v) is 7.91. The number of urea groups is 1. The SMILES string of the molecule is COCCN1CCCN(C(=O)N[C@H](C)Cn2ccnc2)CC1. The monoisotopic (exact) mass is 309 g/mol. The molecule has 1 aliphatic rings. The normalized spacial score (nSPS) is 18.0. The molecule has 7 heteroatoms. The molecule has 1 fully saturated rings. The Bertz CT molecular complexity index is 437. The molecule has 0 aromatic carbocycles. The summed E-state index contributed by atoms with van der Waals surface area (Å²) in [4.78, 5) is 20.6. The first-order chi connectivity index (χ1) is 10.7. The van der Waals surface area contributed by atoms with E-state index in [1.807, 2.05) is 22.6 Å². The maximum Gasteiger partial charge on any atom is 0.317 e. The standard InChI is InChI=1S/C15H27N5O2/c1-14(12-19-7-4-16-13-19)17-15(21)20-6-3-5-18(8-9-20)10-11-22-2/h4,7,13-14H,3,5-6,8-12H2,1-2H3,(H,17,21)/t14-/m1/s1. The summed E-state index contributed by atoms with van der Waals surface area (Å²) in [5.41, 5.74) is 0. The molecular weight excluding hydrogens is 282 g/mol. The Kier molecular flexibility index (Phi) is 6.67. The first kappa shape index (κ1) is 16.8. The van der Waals surface area contributed by atoms with E-state index in [1.165, 1.54) is 0 Å². The van der Waals surface area contributed by atoms with Crippen molar-refractivity contribution in [1.29, 1.82) is 0 Å². The summed E-state index contributed by atoms with van der Waals surface area (Å²) in [5, 5.41) is 3.07. The zero-order valence-corrected chi connectivity index (χ0v) is 13.6. The van der Waals surface area contributed by atoms with Crippen LogP contribution in [-0.4, -0.2) is 77.9 Å². The van der Waals surface area contributed by atoms with Gasteiger partial charge in [-0.1, -0.05) is 0 Å². The summed E-state index contributed by atoms with van der Waals surface area (Å²) in [6.45, 7) is 7.95. The second kappa shape index (κ2) is 8.75. The van der Waals surface area contributed by atoms with Crippen molar-refractivity contribution >= 4 is 6.03 Å². The molecule has 0 radical (unpaired) electrons. The second-order valence-corrected chi connectivity index (χ2v) is 5.79. The molecule has 1 aromatic rings. The topological polar surface area (TPSA) is 62.6 Å². The molecule has 2 rings (SSSR count). The minimum atomic E-state index is 0.0289. The highest BCUT2D eigenvalue weighted by Gasteiger charge is 2.20. The number of ether oxygens (including phenoxy) is 1. The van der Waals surface area contributed by atoms with Crippen LogP contribution in [0.3, 0.4) is 0 Å². The average Bonchev–Trinajstić information content (AvgIpc) is 2.87. The van der Waals surface area contributed by atoms with Gasteiger partial charge < -0.3 is 19.5 Å². The molecule has 1 aliphatic heterocycles. The quantitative estimate of drug-likeness (QED) is 0.837. The molecule has 1 saturated heterocycles. The fourth-order valence-electron chi connectivity index (χ4n) is 2.68. The van der Waals surface area contributed by atoms with Crippen molar-refractivity contribution in [3.8, 4) is 0 Å². The van der Waals surface area contributed by atoms with Gasteiger partial charge in [0.1, 0.15) is 0 Å². The van der Waals surface area contributed by atoms with Crippen molar-refractivity contribution in [2.45, 2.75) is 25.9 Å². The minimum absolute atomic E-state index is 0.0289. The van der Waals surface area contributed by atoms with Crippen LogP contribution in [0.2, 0.25) is 0 Å². The van der Waals surface area contributed by atoms with Crippen molar-refractivity contribution < 1.29 is 9.53 Å². The van der Waals surface area contributed by atoms with Crippen LogP contribution in [0.1, 0.15) is 13.3 Å². The summed E-state index contributed by atoms with van der Waals surface area (Å²) in [6.07, 6.45) is 6.43. The molecule has 0 spiro atoms. The van der Waals surface area contributed by atoms with Crippen molar-refractivity contribution in [2.24, 2.45) is 0 Å². The van der Waals surface area contributed by atoms with Crippen molar-refractivity contribution in [2.75, 3.05) is 46.4 Å². The lowest BCUT2D eigenvalue weighted by atomic mass is 10.3. The van der Waals surface area contributed by atoms with Gasteiger partial charge in [-0.25, -0.2) is 9.78 Å². The Morgan fingerprint density at radius 3 is 2.95 bits per heavy atom. The Balaban J connectivity index is 1.74. The molecule has 0 unspecified atom stereocenters. The lowest BCUT2D eigenvalue weighted by molar-refractivity contribution is 0.149. The number of rotatable bonds is 6. The number of carbonyl (C=O) groups excluding carboxylic acids is 1. The van der Waals surface area contributed by atoms with E-state index in [1.54, 1.807) is 19.6 Å². The van der Waals surface area contributed by atoms with Gasteiger partial charge in [-0.15, -0.1) is 0 Å². The van der Waals surface area contributed by atoms with Gasteiger partial charge in [0.05, 0.1) is 12.9 Å². The molecule has 1 aromatic heterocycles. The van der Waals surface area contributed by atoms with E-state index in [-0.39, 0.29) is 12.1 Å². The van der Waals surface area contributed by atoms with Gasteiger partial charge in [-0.05, 0) is 19.9 Å². The van der Waals surface area contributed by atoms with Crippen LogP contribution in [0.4, 0.5) is 4.79 Å². The number of amides is 2. The molecule has 0 saturated carbocycles. The molecule has 0 bridgehead atoms. The predicted molar refractivity (Wildman–Crippen MR) is 84.7 cm³/mol. The molecule has 2 amide bonds. The molecule has 22 heavy (non-hydrogen) atoms. The first-order valence-electron chi connectivity index (χ1n) is 7.91. The van der Waals surface area contributed by atoms with Crippen molar-refractivity contribution in [3.63, 3.8) is 0 Å². The number of imidazole rings is 1. The fraction of sp³-hybridized carbons (Fsp3) is 0.733. The average molecular weight is 309 g/mol. The van der Waals surface area contributed by atoms with Gasteiger partial charge in [-0.3, -0.25) is 4.90 Å². The third-order valence-electron chi connectivity index (χ3n) is 3.90. The summed E-state index contributed by atoms with van der Waals surface area (Å²) in [7, 11) is 1.72. The van der Waals surface area contributed by atoms with Crippen LogP contribution in [-0.2, 0) is 11.3 Å². The van der Waals surface area contributed by atoms with Gasteiger partial charge >= 0.3 is 6.03 Å². The van der Waals surface area contributed by atoms with Gasteiger partial charge in [0.15, 0.2) is 0 Å². The highest BCUT2D eigenvalue weighted by molar-refractivity contribution is 5.74. The van der Waals surface area contributed by atoms with Crippen molar-refractivity contribution in [3.05, 3.63) is 18.7 Å². The minimum Gasteiger partial charge on any atom is -0.383 e. The highest BCUT2D eigenvalue weighted by Crippen LogP contribution is 2.04. The van der Waals surface area contributed by atoms with Crippen molar-refractivity contribution in [1.82, 2.24) is 24.7 Å². The zero-order chi connectivity index (χ0) is 15.8. The molecule has 1 atom stereocenters. The predicted octanol–water partition coefficient (Wildman–Crippen LogP) is 0.635. The summed E-state index contributed by atoms with van der Waals surface area (Å²) >= 11 is 0. The van der Waals surface area contributed by atoms with Gasteiger partial charge in [0.25, 0.3) is 0 Å². The van der Waals surface area contributed by atoms with E-state index >= 15 is 0 Å². The number of nitrogens with one attached hydrogen (secondary N) is 1. The lowest BCUT2D eigenvalue weighted by Gasteiger charge is -2.24. The number of carbonyl (C=O) groups is 1. The van der Waals surface area contributed by atoms with Crippen LogP contribution < -0.4 is 5.32 Å². The summed E-state index contributed by atoms with van der Waals surface area (Å²) in [5.74, 6) is 0. The van der Waals surface area contributed by atoms with E-state index in [0.717, 1.165) is 52.3 Å². The maximum absolute atomic E-state index is 12.4. The number of hydrogen-bond acceptors (Lipinski definition) is 4. The summed E-state index contributed by atoms with van der Waals surface area (Å²) < 4.78 is 7.09. The van der Waals surface area contributed by atoms with Crippen LogP contribution in [0.5, 0.6) is 0 Å². The van der Waals surface area contributed by atoms with E-state index < -0.39 is 0 Å². The smallest absolute Gasteiger partial charge is 0.317 e. The second-order valence-electron chi connectivity index (χ2n) is 5.79. The van der Waals surface area contributed by atoms with Crippen LogP contribution in [0.15, 0.2) is 18.7 Å². The summed E-state index contributed by atoms with van der Waals surface area (Å²) in [6, 6.07) is 0.107. The molecule has 1 N–H and O–H groups in total. The zero-order valence-electron chi connectivity index (χ0n) is 13.6. The van der Waals surface area contributed by atoms with E-state index in [0.29, 0.717) is 0 Å². The van der Waals surface area contributed by atoms with E-state index in [4.69, 9.17) is 4.74 Å². The third-order valence-corrected chi connectivity index (χ3v) is 3.90. The largest absolute Gasteiger partial charge is 0.383 e.